The summed E-state index contributed by atoms with van der Waals surface area (Å²) < 4.78 is 21.1. The molecule has 31 heavy (non-hydrogen) atoms. The molecule has 1 atom stereocenters. The predicted octanol–water partition coefficient (Wildman–Crippen LogP) is 4.16. The van der Waals surface area contributed by atoms with E-state index < -0.39 is 6.10 Å². The van der Waals surface area contributed by atoms with Crippen molar-refractivity contribution in [3.63, 3.8) is 0 Å². The van der Waals surface area contributed by atoms with Crippen molar-refractivity contribution in [1.29, 1.82) is 0 Å². The molecule has 0 aliphatic heterocycles. The number of hydrogen-bond acceptors (Lipinski definition) is 5. The van der Waals surface area contributed by atoms with E-state index in [0.717, 1.165) is 24.1 Å². The molecule has 4 rings (SSSR count). The van der Waals surface area contributed by atoms with Crippen LogP contribution in [0.25, 0.3) is 5.69 Å². The van der Waals surface area contributed by atoms with E-state index in [1.165, 1.54) is 17.8 Å². The quantitative estimate of drug-likeness (QED) is 0.506. The first-order valence-corrected chi connectivity index (χ1v) is 11.4. The molecule has 1 saturated carbocycles. The Hall–Kier alpha value is -2.64. The summed E-state index contributed by atoms with van der Waals surface area (Å²) in [5, 5.41) is 10.4. The van der Waals surface area contributed by atoms with Crippen LogP contribution in [-0.2, 0) is 6.42 Å². The molecule has 0 saturated heterocycles. The molecule has 1 fully saturated rings. The summed E-state index contributed by atoms with van der Waals surface area (Å²) in [6.07, 6.45) is 5.45. The summed E-state index contributed by atoms with van der Waals surface area (Å²) in [5.41, 5.74) is 2.02. The van der Waals surface area contributed by atoms with E-state index in [2.05, 4.69) is 4.98 Å². The molecule has 1 aliphatic carbocycles. The lowest BCUT2D eigenvalue weighted by Crippen LogP contribution is -2.21. The van der Waals surface area contributed by atoms with Crippen LogP contribution in [0, 0.1) is 18.7 Å². The monoisotopic (exact) mass is 440 g/mol. The van der Waals surface area contributed by atoms with Crippen LogP contribution in [0.2, 0.25) is 0 Å². The molecule has 5 nitrogen and oxygen atoms in total. The summed E-state index contributed by atoms with van der Waals surface area (Å²) in [6, 6.07) is 12.2. The first-order valence-electron chi connectivity index (χ1n) is 10.4. The molecule has 0 spiro atoms. The molecule has 162 valence electrons. The van der Waals surface area contributed by atoms with Crippen LogP contribution < -0.4 is 10.3 Å². The third kappa shape index (κ3) is 5.35. The summed E-state index contributed by atoms with van der Waals surface area (Å²) in [6.45, 7) is 2.20. The van der Waals surface area contributed by atoms with Crippen molar-refractivity contribution < 1.29 is 14.2 Å². The third-order valence-corrected chi connectivity index (χ3v) is 6.35. The van der Waals surface area contributed by atoms with E-state index >= 15 is 0 Å². The zero-order valence-corrected chi connectivity index (χ0v) is 18.1. The maximum Gasteiger partial charge on any atom is 0.287 e. The average Bonchev–Trinajstić information content (AvgIpc) is 3.61. The average molecular weight is 441 g/mol. The van der Waals surface area contributed by atoms with E-state index in [1.807, 2.05) is 25.1 Å². The number of halogens is 1. The summed E-state index contributed by atoms with van der Waals surface area (Å²) in [4.78, 5) is 17.1. The molecule has 1 unspecified atom stereocenters. The van der Waals surface area contributed by atoms with Gasteiger partial charge < -0.3 is 9.84 Å². The molecule has 1 N–H and O–H groups in total. The van der Waals surface area contributed by atoms with Crippen molar-refractivity contribution >= 4 is 11.8 Å². The Balaban J connectivity index is 1.44. The molecule has 0 amide bonds. The fourth-order valence-corrected chi connectivity index (χ4v) is 4.26. The van der Waals surface area contributed by atoms with Crippen LogP contribution >= 0.6 is 11.8 Å². The first kappa shape index (κ1) is 21.6. The van der Waals surface area contributed by atoms with Gasteiger partial charge >= 0.3 is 0 Å². The number of aliphatic hydroxyl groups excluding tert-OH is 1. The smallest absolute Gasteiger partial charge is 0.287 e. The lowest BCUT2D eigenvalue weighted by molar-refractivity contribution is 0.0891. The van der Waals surface area contributed by atoms with Gasteiger partial charge in [-0.2, -0.15) is 0 Å². The number of ether oxygens (including phenoxy) is 1. The number of aromatic nitrogens is 2. The SMILES string of the molecule is Cc1cc(-n2ccnc(SCCc3ccccc3F)c2=O)ccc1OCC(O)C1CC1. The summed E-state index contributed by atoms with van der Waals surface area (Å²) >= 11 is 1.32. The minimum Gasteiger partial charge on any atom is -0.491 e. The van der Waals surface area contributed by atoms with Gasteiger partial charge in [0.15, 0.2) is 5.03 Å². The number of hydrogen-bond donors (Lipinski definition) is 1. The van der Waals surface area contributed by atoms with Gasteiger partial charge in [0, 0.05) is 23.8 Å². The normalized spacial score (nSPS) is 14.4. The second-order valence-electron chi connectivity index (χ2n) is 7.76. The number of benzene rings is 2. The van der Waals surface area contributed by atoms with Gasteiger partial charge in [-0.15, -0.1) is 11.8 Å². The molecule has 0 bridgehead atoms. The number of aliphatic hydroxyl groups is 1. The molecule has 7 heteroatoms. The predicted molar refractivity (Wildman–Crippen MR) is 120 cm³/mol. The van der Waals surface area contributed by atoms with Gasteiger partial charge in [0.2, 0.25) is 0 Å². The van der Waals surface area contributed by atoms with Crippen LogP contribution in [0.4, 0.5) is 4.39 Å². The van der Waals surface area contributed by atoms with Crippen LogP contribution in [0.15, 0.2) is 64.7 Å². The topological polar surface area (TPSA) is 64.4 Å². The van der Waals surface area contributed by atoms with Crippen molar-refractivity contribution in [2.24, 2.45) is 5.92 Å². The van der Waals surface area contributed by atoms with Crippen molar-refractivity contribution in [3.8, 4) is 11.4 Å². The fourth-order valence-electron chi connectivity index (χ4n) is 3.39. The highest BCUT2D eigenvalue weighted by Gasteiger charge is 2.30. The molecule has 2 aromatic carbocycles. The number of aryl methyl sites for hydroxylation is 2. The standard InChI is InChI=1S/C24H25FN2O3S/c1-16-14-19(8-9-22(16)30-15-21(28)18-6-7-18)27-12-11-26-23(24(27)29)31-13-10-17-4-2-3-5-20(17)25/h2-5,8-9,11-12,14,18,21,28H,6-7,10,13,15H2,1H3. The van der Waals surface area contributed by atoms with Crippen LogP contribution in [0.5, 0.6) is 5.75 Å². The fraction of sp³-hybridized carbons (Fsp3) is 0.333. The van der Waals surface area contributed by atoms with E-state index in [1.54, 1.807) is 35.2 Å². The lowest BCUT2D eigenvalue weighted by atomic mass is 10.2. The Morgan fingerprint density at radius 3 is 2.84 bits per heavy atom. The van der Waals surface area contributed by atoms with Gasteiger partial charge in [-0.1, -0.05) is 18.2 Å². The Labute approximate surface area is 184 Å². The Morgan fingerprint density at radius 2 is 2.10 bits per heavy atom. The summed E-state index contributed by atoms with van der Waals surface area (Å²) in [5.74, 6) is 1.39. The van der Waals surface area contributed by atoms with Crippen molar-refractivity contribution in [3.05, 3.63) is 82.2 Å². The first-order chi connectivity index (χ1) is 15.0. The maximum atomic E-state index is 13.8. The Kier molecular flexibility index (Phi) is 6.73. The zero-order chi connectivity index (χ0) is 21.8. The van der Waals surface area contributed by atoms with Crippen LogP contribution in [-0.4, -0.2) is 33.1 Å². The van der Waals surface area contributed by atoms with Gasteiger partial charge in [0.1, 0.15) is 18.2 Å². The van der Waals surface area contributed by atoms with E-state index in [4.69, 9.17) is 4.74 Å². The molecule has 1 aliphatic rings. The minimum atomic E-state index is -0.425. The van der Waals surface area contributed by atoms with E-state index in [-0.39, 0.29) is 18.0 Å². The van der Waals surface area contributed by atoms with E-state index in [9.17, 15) is 14.3 Å². The van der Waals surface area contributed by atoms with Crippen LogP contribution in [0.3, 0.4) is 0 Å². The van der Waals surface area contributed by atoms with Gasteiger partial charge in [-0.25, -0.2) is 9.37 Å². The van der Waals surface area contributed by atoms with Gasteiger partial charge in [-0.3, -0.25) is 9.36 Å². The summed E-state index contributed by atoms with van der Waals surface area (Å²) in [7, 11) is 0. The molecule has 0 radical (unpaired) electrons. The minimum absolute atomic E-state index is 0.210. The van der Waals surface area contributed by atoms with Gasteiger partial charge in [0.25, 0.3) is 5.56 Å². The zero-order valence-electron chi connectivity index (χ0n) is 17.3. The van der Waals surface area contributed by atoms with Gasteiger partial charge in [-0.05, 0) is 67.5 Å². The number of nitrogens with zero attached hydrogens (tertiary/aromatic N) is 2. The maximum absolute atomic E-state index is 13.8. The lowest BCUT2D eigenvalue weighted by Gasteiger charge is -2.15. The van der Waals surface area contributed by atoms with Crippen molar-refractivity contribution in [1.82, 2.24) is 9.55 Å². The second-order valence-corrected chi connectivity index (χ2v) is 8.85. The second kappa shape index (κ2) is 9.66. The number of rotatable bonds is 9. The van der Waals surface area contributed by atoms with E-state index in [0.29, 0.717) is 34.4 Å². The highest BCUT2D eigenvalue weighted by molar-refractivity contribution is 7.99. The van der Waals surface area contributed by atoms with Crippen molar-refractivity contribution in [2.75, 3.05) is 12.4 Å². The Morgan fingerprint density at radius 1 is 1.29 bits per heavy atom. The molecule has 1 aromatic heterocycles. The molecule has 1 heterocycles. The van der Waals surface area contributed by atoms with Crippen LogP contribution in [0.1, 0.15) is 24.0 Å². The third-order valence-electron chi connectivity index (χ3n) is 5.39. The largest absolute Gasteiger partial charge is 0.491 e. The molecular formula is C24H25FN2O3S. The highest BCUT2D eigenvalue weighted by Crippen LogP contribution is 2.33. The molecule has 3 aromatic rings. The molecular weight excluding hydrogens is 415 g/mol. The van der Waals surface area contributed by atoms with Crippen molar-refractivity contribution in [2.45, 2.75) is 37.3 Å². The highest BCUT2D eigenvalue weighted by atomic mass is 32.2. The van der Waals surface area contributed by atoms with Gasteiger partial charge in [0.05, 0.1) is 6.10 Å². The Bertz CT molecular complexity index is 1110. The number of thioether (sulfide) groups is 1.